The standard InChI is InChI=1S/C10H9NO2/c12-6-9-10(13)8-4-2-1-3-7(8)5-11-9/h1-4,6,9,11H,5H2. The molecule has 3 heteroatoms. The van der Waals surface area contributed by atoms with Crippen molar-refractivity contribution in [3.05, 3.63) is 35.4 Å². The average molecular weight is 175 g/mol. The van der Waals surface area contributed by atoms with E-state index >= 15 is 0 Å². The zero-order chi connectivity index (χ0) is 9.26. The molecule has 13 heavy (non-hydrogen) atoms. The van der Waals surface area contributed by atoms with Gasteiger partial charge in [-0.15, -0.1) is 0 Å². The summed E-state index contributed by atoms with van der Waals surface area (Å²) in [7, 11) is 0. The predicted octanol–water partition coefficient (Wildman–Crippen LogP) is 0.540. The van der Waals surface area contributed by atoms with Gasteiger partial charge in [-0.25, -0.2) is 0 Å². The molecule has 2 rings (SSSR count). The van der Waals surface area contributed by atoms with Crippen LogP contribution in [0.4, 0.5) is 0 Å². The third-order valence-electron chi connectivity index (χ3n) is 2.21. The van der Waals surface area contributed by atoms with Crippen molar-refractivity contribution >= 4 is 12.1 Å². The maximum Gasteiger partial charge on any atom is 0.187 e. The van der Waals surface area contributed by atoms with Gasteiger partial charge in [0.15, 0.2) is 5.78 Å². The molecule has 1 aromatic carbocycles. The second-order valence-corrected chi connectivity index (χ2v) is 3.02. The van der Waals surface area contributed by atoms with Crippen molar-refractivity contribution in [2.75, 3.05) is 0 Å². The number of nitrogens with one attached hydrogen (secondary N) is 1. The Balaban J connectivity index is 2.45. The van der Waals surface area contributed by atoms with Crippen molar-refractivity contribution in [2.45, 2.75) is 12.6 Å². The molecule has 1 N–H and O–H groups in total. The van der Waals surface area contributed by atoms with Gasteiger partial charge in [0.1, 0.15) is 12.3 Å². The van der Waals surface area contributed by atoms with Gasteiger partial charge in [-0.1, -0.05) is 24.3 Å². The molecule has 0 spiro atoms. The fourth-order valence-corrected chi connectivity index (χ4v) is 1.50. The lowest BCUT2D eigenvalue weighted by atomic mass is 9.95. The van der Waals surface area contributed by atoms with Crippen LogP contribution in [0.3, 0.4) is 0 Å². The molecule has 0 amide bonds. The van der Waals surface area contributed by atoms with Gasteiger partial charge in [0.05, 0.1) is 0 Å². The highest BCUT2D eigenvalue weighted by atomic mass is 16.1. The van der Waals surface area contributed by atoms with Crippen LogP contribution in [0.15, 0.2) is 24.3 Å². The third-order valence-corrected chi connectivity index (χ3v) is 2.21. The number of carbonyl (C=O) groups excluding carboxylic acids is 2. The summed E-state index contributed by atoms with van der Waals surface area (Å²) in [5.41, 5.74) is 1.63. The van der Waals surface area contributed by atoms with Gasteiger partial charge in [0.25, 0.3) is 0 Å². The van der Waals surface area contributed by atoms with Crippen molar-refractivity contribution in [3.63, 3.8) is 0 Å². The molecule has 1 unspecified atom stereocenters. The highest BCUT2D eigenvalue weighted by molar-refractivity contribution is 6.10. The number of benzene rings is 1. The molecular formula is C10H9NO2. The summed E-state index contributed by atoms with van der Waals surface area (Å²) < 4.78 is 0. The molecule has 0 saturated carbocycles. The molecule has 0 aliphatic carbocycles. The van der Waals surface area contributed by atoms with Gasteiger partial charge in [0, 0.05) is 12.1 Å². The van der Waals surface area contributed by atoms with Crippen LogP contribution in [0, 0.1) is 0 Å². The van der Waals surface area contributed by atoms with Crippen molar-refractivity contribution < 1.29 is 9.59 Å². The number of carbonyl (C=O) groups is 2. The number of hydrogen-bond donors (Lipinski definition) is 1. The Hall–Kier alpha value is -1.48. The molecular weight excluding hydrogens is 166 g/mol. The van der Waals surface area contributed by atoms with Crippen molar-refractivity contribution in [3.8, 4) is 0 Å². The largest absolute Gasteiger partial charge is 0.301 e. The van der Waals surface area contributed by atoms with Gasteiger partial charge in [-0.3, -0.25) is 10.1 Å². The van der Waals surface area contributed by atoms with Gasteiger partial charge >= 0.3 is 0 Å². The van der Waals surface area contributed by atoms with Crippen LogP contribution in [0.2, 0.25) is 0 Å². The zero-order valence-electron chi connectivity index (χ0n) is 6.99. The molecule has 0 saturated heterocycles. The van der Waals surface area contributed by atoms with Crippen LogP contribution in [0.1, 0.15) is 15.9 Å². The molecule has 1 heterocycles. The Morgan fingerprint density at radius 1 is 1.38 bits per heavy atom. The molecule has 1 atom stereocenters. The number of aldehydes is 1. The Morgan fingerprint density at radius 2 is 2.15 bits per heavy atom. The smallest absolute Gasteiger partial charge is 0.187 e. The lowest BCUT2D eigenvalue weighted by molar-refractivity contribution is -0.108. The van der Waals surface area contributed by atoms with Gasteiger partial charge in [-0.2, -0.15) is 0 Å². The first-order valence-corrected chi connectivity index (χ1v) is 4.13. The summed E-state index contributed by atoms with van der Waals surface area (Å²) >= 11 is 0. The lowest BCUT2D eigenvalue weighted by Gasteiger charge is -2.20. The van der Waals surface area contributed by atoms with E-state index in [0.717, 1.165) is 5.56 Å². The van der Waals surface area contributed by atoms with Crippen molar-refractivity contribution in [2.24, 2.45) is 0 Å². The topological polar surface area (TPSA) is 46.2 Å². The van der Waals surface area contributed by atoms with E-state index < -0.39 is 6.04 Å². The highest BCUT2D eigenvalue weighted by Crippen LogP contribution is 2.15. The quantitative estimate of drug-likeness (QED) is 0.500. The number of fused-ring (bicyclic) bond motifs is 1. The van der Waals surface area contributed by atoms with Crippen LogP contribution in [0.25, 0.3) is 0 Å². The summed E-state index contributed by atoms with van der Waals surface area (Å²) in [5.74, 6) is -0.128. The molecule has 0 radical (unpaired) electrons. The summed E-state index contributed by atoms with van der Waals surface area (Å²) in [6.45, 7) is 0.589. The van der Waals surface area contributed by atoms with Crippen LogP contribution >= 0.6 is 0 Å². The maximum absolute atomic E-state index is 11.6. The summed E-state index contributed by atoms with van der Waals surface area (Å²) in [4.78, 5) is 22.1. The van der Waals surface area contributed by atoms with E-state index in [1.165, 1.54) is 0 Å². The first-order chi connectivity index (χ1) is 6.33. The minimum atomic E-state index is -0.658. The second-order valence-electron chi connectivity index (χ2n) is 3.02. The highest BCUT2D eigenvalue weighted by Gasteiger charge is 2.25. The van der Waals surface area contributed by atoms with E-state index in [9.17, 15) is 9.59 Å². The van der Waals surface area contributed by atoms with Crippen molar-refractivity contribution in [1.29, 1.82) is 0 Å². The molecule has 0 fully saturated rings. The Bertz CT molecular complexity index is 360. The molecule has 1 aromatic rings. The van der Waals surface area contributed by atoms with E-state index in [0.29, 0.717) is 18.4 Å². The number of rotatable bonds is 1. The summed E-state index contributed by atoms with van der Waals surface area (Å²) in [5, 5.41) is 2.86. The SMILES string of the molecule is O=CC1NCc2ccccc2C1=O. The number of ketones is 1. The predicted molar refractivity (Wildman–Crippen MR) is 47.5 cm³/mol. The normalized spacial score (nSPS) is 20.9. The third kappa shape index (κ3) is 1.27. The minimum Gasteiger partial charge on any atom is -0.301 e. The zero-order valence-corrected chi connectivity index (χ0v) is 6.99. The molecule has 0 aromatic heterocycles. The van der Waals surface area contributed by atoms with Crippen molar-refractivity contribution in [1.82, 2.24) is 5.32 Å². The maximum atomic E-state index is 11.6. The first-order valence-electron chi connectivity index (χ1n) is 4.13. The van der Waals surface area contributed by atoms with Crippen LogP contribution < -0.4 is 5.32 Å². The fourth-order valence-electron chi connectivity index (χ4n) is 1.50. The van der Waals surface area contributed by atoms with Gasteiger partial charge < -0.3 is 4.79 Å². The number of Topliss-reactive ketones (excluding diaryl/α,β-unsaturated/α-hetero) is 1. The van der Waals surface area contributed by atoms with Crippen LogP contribution in [-0.2, 0) is 11.3 Å². The summed E-state index contributed by atoms with van der Waals surface area (Å²) in [6.07, 6.45) is 0.651. The van der Waals surface area contributed by atoms with E-state index in [1.807, 2.05) is 18.2 Å². The Morgan fingerprint density at radius 3 is 2.92 bits per heavy atom. The van der Waals surface area contributed by atoms with Gasteiger partial charge in [0.2, 0.25) is 0 Å². The van der Waals surface area contributed by atoms with Crippen LogP contribution in [0.5, 0.6) is 0 Å². The molecule has 66 valence electrons. The van der Waals surface area contributed by atoms with Gasteiger partial charge in [-0.05, 0) is 5.56 Å². The monoisotopic (exact) mass is 175 g/mol. The molecule has 1 aliphatic heterocycles. The lowest BCUT2D eigenvalue weighted by Crippen LogP contribution is -2.42. The first kappa shape index (κ1) is 8.13. The Labute approximate surface area is 75.8 Å². The molecule has 3 nitrogen and oxygen atoms in total. The van der Waals surface area contributed by atoms with E-state index in [4.69, 9.17) is 0 Å². The van der Waals surface area contributed by atoms with E-state index in [1.54, 1.807) is 6.07 Å². The number of hydrogen-bond acceptors (Lipinski definition) is 3. The Kier molecular flexibility index (Phi) is 1.94. The average Bonchev–Trinajstić information content (AvgIpc) is 2.19. The molecule has 1 aliphatic rings. The second kappa shape index (κ2) is 3.11. The summed E-state index contributed by atoms with van der Waals surface area (Å²) in [6, 6.07) is 6.68. The molecule has 0 bridgehead atoms. The van der Waals surface area contributed by atoms with E-state index in [-0.39, 0.29) is 5.78 Å². The van der Waals surface area contributed by atoms with E-state index in [2.05, 4.69) is 5.32 Å². The minimum absolute atomic E-state index is 0.128. The fraction of sp³-hybridized carbons (Fsp3) is 0.200. The van der Waals surface area contributed by atoms with Crippen LogP contribution in [-0.4, -0.2) is 18.1 Å².